The highest BCUT2D eigenvalue weighted by atomic mass is 17.3. The molecule has 0 aromatic rings. The van der Waals surface area contributed by atoms with E-state index in [4.69, 9.17) is 9.88 Å². The van der Waals surface area contributed by atoms with Crippen molar-refractivity contribution in [3.63, 3.8) is 0 Å². The van der Waals surface area contributed by atoms with Gasteiger partial charge in [0.1, 0.15) is 0 Å². The third-order valence-corrected chi connectivity index (χ3v) is 2.98. The van der Waals surface area contributed by atoms with Crippen molar-refractivity contribution in [2.45, 2.75) is 58.5 Å². The maximum atomic E-state index is 11.2. The van der Waals surface area contributed by atoms with Crippen LogP contribution in [0.15, 0.2) is 12.2 Å². The normalized spacial score (nSPS) is 23.1. The van der Waals surface area contributed by atoms with Crippen LogP contribution in [0, 0.1) is 0 Å². The zero-order chi connectivity index (χ0) is 12.6. The highest BCUT2D eigenvalue weighted by molar-refractivity contribution is 5.86. The Morgan fingerprint density at radius 2 is 1.62 bits per heavy atom. The number of hydrogen-bond donors (Lipinski definition) is 0. The third kappa shape index (κ3) is 2.62. The molecule has 1 heterocycles. The number of nitrogens with zero attached hydrogens (tertiary/aromatic N) is 1. The lowest BCUT2D eigenvalue weighted by molar-refractivity contribution is -0.431. The minimum Gasteiger partial charge on any atom is -0.275 e. The summed E-state index contributed by atoms with van der Waals surface area (Å²) in [4.78, 5) is 21.2. The predicted octanol–water partition coefficient (Wildman–Crippen LogP) is 2.61. The van der Waals surface area contributed by atoms with Gasteiger partial charge in [0, 0.05) is 16.7 Å². The first kappa shape index (κ1) is 13.2. The minimum atomic E-state index is -0.529. The van der Waals surface area contributed by atoms with Gasteiger partial charge in [-0.25, -0.2) is 4.79 Å². The molecule has 1 saturated heterocycles. The maximum Gasteiger partial charge on any atom is 0.370 e. The molecule has 0 atom stereocenters. The van der Waals surface area contributed by atoms with E-state index >= 15 is 0 Å². The zero-order valence-corrected chi connectivity index (χ0v) is 10.8. The van der Waals surface area contributed by atoms with Crippen molar-refractivity contribution in [1.82, 2.24) is 5.06 Å². The molecular formula is C12H21NO3. The van der Waals surface area contributed by atoms with E-state index in [0.717, 1.165) is 12.8 Å². The second-order valence-electron chi connectivity index (χ2n) is 5.64. The van der Waals surface area contributed by atoms with Crippen LogP contribution in [0.1, 0.15) is 47.5 Å². The predicted molar refractivity (Wildman–Crippen MR) is 61.2 cm³/mol. The first-order chi connectivity index (χ1) is 7.17. The van der Waals surface area contributed by atoms with Gasteiger partial charge in [-0.3, -0.25) is 4.89 Å². The molecule has 0 aromatic carbocycles. The standard InChI is InChI=1S/C12H21NO3/c1-9(2)10(14)15-16-13-11(3,4)7-8-12(13,5)6/h1,7-8H2,2-6H3. The van der Waals surface area contributed by atoms with Gasteiger partial charge in [0.05, 0.1) is 0 Å². The van der Waals surface area contributed by atoms with Gasteiger partial charge >= 0.3 is 5.97 Å². The fourth-order valence-electron chi connectivity index (χ4n) is 1.98. The number of rotatable bonds is 3. The third-order valence-electron chi connectivity index (χ3n) is 2.98. The van der Waals surface area contributed by atoms with Crippen molar-refractivity contribution in [3.8, 4) is 0 Å². The first-order valence-electron chi connectivity index (χ1n) is 5.52. The molecule has 0 bridgehead atoms. The Morgan fingerprint density at radius 3 is 2.00 bits per heavy atom. The minimum absolute atomic E-state index is 0.126. The Balaban J connectivity index is 2.64. The fraction of sp³-hybridized carbons (Fsp3) is 0.750. The first-order valence-corrected chi connectivity index (χ1v) is 5.52. The van der Waals surface area contributed by atoms with Crippen LogP contribution in [0.2, 0.25) is 0 Å². The molecule has 1 rings (SSSR count). The molecule has 0 aliphatic carbocycles. The van der Waals surface area contributed by atoms with Crippen molar-refractivity contribution < 1.29 is 14.7 Å². The fourth-order valence-corrected chi connectivity index (χ4v) is 1.98. The van der Waals surface area contributed by atoms with Gasteiger partial charge in [0.2, 0.25) is 0 Å². The van der Waals surface area contributed by atoms with E-state index in [1.54, 1.807) is 12.0 Å². The summed E-state index contributed by atoms with van der Waals surface area (Å²) in [5.41, 5.74) is 0.0763. The summed E-state index contributed by atoms with van der Waals surface area (Å²) in [5, 5.41) is 1.75. The lowest BCUT2D eigenvalue weighted by Gasteiger charge is -2.36. The molecule has 0 radical (unpaired) electrons. The molecule has 0 amide bonds. The molecular weight excluding hydrogens is 206 g/mol. The quantitative estimate of drug-likeness (QED) is 0.422. The van der Waals surface area contributed by atoms with Crippen LogP contribution in [-0.2, 0) is 14.7 Å². The molecule has 0 aromatic heterocycles. The zero-order valence-electron chi connectivity index (χ0n) is 10.8. The van der Waals surface area contributed by atoms with Gasteiger partial charge in [-0.05, 0) is 47.5 Å². The van der Waals surface area contributed by atoms with Crippen LogP contribution in [0.4, 0.5) is 0 Å². The maximum absolute atomic E-state index is 11.2. The van der Waals surface area contributed by atoms with Gasteiger partial charge < -0.3 is 0 Å². The molecule has 4 heteroatoms. The van der Waals surface area contributed by atoms with Gasteiger partial charge in [-0.15, -0.1) is 5.06 Å². The average Bonchev–Trinajstić information content (AvgIpc) is 2.33. The number of carbonyl (C=O) groups is 1. The van der Waals surface area contributed by atoms with E-state index in [9.17, 15) is 4.79 Å². The van der Waals surface area contributed by atoms with Gasteiger partial charge in [0.25, 0.3) is 0 Å². The summed E-state index contributed by atoms with van der Waals surface area (Å²) in [6, 6.07) is 0. The number of carbonyl (C=O) groups excluding carboxylic acids is 1. The van der Waals surface area contributed by atoms with Crippen LogP contribution < -0.4 is 0 Å². The molecule has 16 heavy (non-hydrogen) atoms. The smallest absolute Gasteiger partial charge is 0.275 e. The van der Waals surface area contributed by atoms with Crippen molar-refractivity contribution >= 4 is 5.97 Å². The molecule has 0 N–H and O–H groups in total. The van der Waals surface area contributed by atoms with Gasteiger partial charge in [-0.2, -0.15) is 0 Å². The van der Waals surface area contributed by atoms with E-state index in [1.165, 1.54) is 0 Å². The largest absolute Gasteiger partial charge is 0.370 e. The van der Waals surface area contributed by atoms with Crippen molar-refractivity contribution in [2.24, 2.45) is 0 Å². The Bertz CT molecular complexity index is 291. The highest BCUT2D eigenvalue weighted by Crippen LogP contribution is 2.40. The Labute approximate surface area is 97.1 Å². The van der Waals surface area contributed by atoms with Gasteiger partial charge in [-0.1, -0.05) is 11.6 Å². The van der Waals surface area contributed by atoms with E-state index < -0.39 is 5.97 Å². The summed E-state index contributed by atoms with van der Waals surface area (Å²) in [7, 11) is 0. The summed E-state index contributed by atoms with van der Waals surface area (Å²) >= 11 is 0. The van der Waals surface area contributed by atoms with E-state index in [2.05, 4.69) is 34.3 Å². The lowest BCUT2D eigenvalue weighted by Crippen LogP contribution is -2.48. The molecule has 92 valence electrons. The summed E-state index contributed by atoms with van der Waals surface area (Å²) < 4.78 is 0. The monoisotopic (exact) mass is 227 g/mol. The molecule has 4 nitrogen and oxygen atoms in total. The van der Waals surface area contributed by atoms with Crippen molar-refractivity contribution in [3.05, 3.63) is 12.2 Å². The SMILES string of the molecule is C=C(C)C(=O)OON1C(C)(C)CCC1(C)C. The lowest BCUT2D eigenvalue weighted by atomic mass is 10.0. The summed E-state index contributed by atoms with van der Waals surface area (Å²) in [5.74, 6) is -0.529. The van der Waals surface area contributed by atoms with E-state index in [0.29, 0.717) is 5.57 Å². The van der Waals surface area contributed by atoms with Crippen LogP contribution in [0.25, 0.3) is 0 Å². The van der Waals surface area contributed by atoms with Crippen LogP contribution in [-0.4, -0.2) is 22.1 Å². The van der Waals surface area contributed by atoms with E-state index in [-0.39, 0.29) is 11.1 Å². The van der Waals surface area contributed by atoms with Crippen LogP contribution >= 0.6 is 0 Å². The summed E-state index contributed by atoms with van der Waals surface area (Å²) in [6.45, 7) is 13.4. The summed E-state index contributed by atoms with van der Waals surface area (Å²) in [6.07, 6.45) is 2.01. The molecule has 1 aliphatic heterocycles. The van der Waals surface area contributed by atoms with Crippen LogP contribution in [0.5, 0.6) is 0 Å². The van der Waals surface area contributed by atoms with E-state index in [1.807, 2.05) is 0 Å². The van der Waals surface area contributed by atoms with Crippen LogP contribution in [0.3, 0.4) is 0 Å². The Kier molecular flexibility index (Phi) is 3.45. The average molecular weight is 227 g/mol. The Hall–Kier alpha value is -0.870. The van der Waals surface area contributed by atoms with Crippen molar-refractivity contribution in [1.29, 1.82) is 0 Å². The molecule has 0 unspecified atom stereocenters. The second-order valence-corrected chi connectivity index (χ2v) is 5.64. The Morgan fingerprint density at radius 1 is 1.19 bits per heavy atom. The number of hydrogen-bond acceptors (Lipinski definition) is 4. The number of hydroxylamine groups is 2. The molecule has 0 saturated carbocycles. The highest BCUT2D eigenvalue weighted by Gasteiger charge is 2.47. The van der Waals surface area contributed by atoms with Gasteiger partial charge in [0.15, 0.2) is 0 Å². The molecule has 1 aliphatic rings. The topological polar surface area (TPSA) is 38.8 Å². The molecule has 0 spiro atoms. The molecule has 1 fully saturated rings. The second kappa shape index (κ2) is 4.18. The van der Waals surface area contributed by atoms with Crippen molar-refractivity contribution in [2.75, 3.05) is 0 Å².